The molecular weight excluding hydrogens is 120 g/mol. The minimum atomic E-state index is 0.634. The zero-order valence-electron chi connectivity index (χ0n) is 7.02. The van der Waals surface area contributed by atoms with Crippen molar-refractivity contribution in [2.45, 2.75) is 27.2 Å². The van der Waals surface area contributed by atoms with Crippen molar-refractivity contribution in [3.63, 3.8) is 0 Å². The quantitative estimate of drug-likeness (QED) is 0.546. The molecule has 0 amide bonds. The predicted molar refractivity (Wildman–Crippen MR) is 44.5 cm³/mol. The molecule has 1 aliphatic rings. The van der Waals surface area contributed by atoms with E-state index in [-0.39, 0.29) is 0 Å². The summed E-state index contributed by atoms with van der Waals surface area (Å²) in [7, 11) is 0. The van der Waals surface area contributed by atoms with Crippen LogP contribution in [0.25, 0.3) is 0 Å². The second-order valence-corrected chi connectivity index (χ2v) is 3.06. The van der Waals surface area contributed by atoms with Gasteiger partial charge in [-0.3, -0.25) is 0 Å². The molecule has 0 aromatic carbocycles. The van der Waals surface area contributed by atoms with Crippen LogP contribution in [0.2, 0.25) is 0 Å². The summed E-state index contributed by atoms with van der Waals surface area (Å²) >= 11 is 0. The Morgan fingerprint density at radius 1 is 1.70 bits per heavy atom. The van der Waals surface area contributed by atoms with Gasteiger partial charge in [-0.15, -0.1) is 0 Å². The zero-order chi connectivity index (χ0) is 7.56. The highest BCUT2D eigenvalue weighted by atomic mass is 14.2. The van der Waals surface area contributed by atoms with Crippen molar-refractivity contribution in [2.24, 2.45) is 11.8 Å². The molecule has 1 radical (unpaired) electrons. The van der Waals surface area contributed by atoms with Crippen LogP contribution in [0, 0.1) is 17.9 Å². The molecule has 1 aliphatic carbocycles. The van der Waals surface area contributed by atoms with Gasteiger partial charge in [-0.05, 0) is 24.3 Å². The molecule has 0 N–H and O–H groups in total. The number of hydrogen-bond donors (Lipinski definition) is 0. The highest BCUT2D eigenvalue weighted by Crippen LogP contribution is 2.26. The first kappa shape index (κ1) is 7.59. The van der Waals surface area contributed by atoms with Gasteiger partial charge in [0.15, 0.2) is 0 Å². The molecule has 0 spiro atoms. The Balaban J connectivity index is 2.58. The van der Waals surface area contributed by atoms with Crippen molar-refractivity contribution in [3.8, 4) is 0 Å². The summed E-state index contributed by atoms with van der Waals surface area (Å²) in [6.45, 7) is 6.73. The van der Waals surface area contributed by atoms with Crippen molar-refractivity contribution in [1.29, 1.82) is 0 Å². The van der Waals surface area contributed by atoms with Crippen molar-refractivity contribution < 1.29 is 0 Å². The molecule has 10 heavy (non-hydrogen) atoms. The predicted octanol–water partition coefficient (Wildman–Crippen LogP) is 2.97. The van der Waals surface area contributed by atoms with Crippen LogP contribution < -0.4 is 0 Å². The SMILES string of the molecule is CCC(C)C1=[C]C=CC1C. The maximum Gasteiger partial charge on any atom is -0.00364 e. The number of hydrogen-bond acceptors (Lipinski definition) is 0. The largest absolute Gasteiger partial charge is 0.0770 e. The third-order valence-electron chi connectivity index (χ3n) is 2.27. The van der Waals surface area contributed by atoms with Crippen molar-refractivity contribution in [2.75, 3.05) is 0 Å². The fourth-order valence-corrected chi connectivity index (χ4v) is 1.33. The molecule has 0 aliphatic heterocycles. The molecule has 0 fully saturated rings. The van der Waals surface area contributed by atoms with E-state index in [2.05, 4.69) is 32.9 Å². The maximum atomic E-state index is 3.29. The van der Waals surface area contributed by atoms with Crippen LogP contribution in [0.4, 0.5) is 0 Å². The molecule has 0 saturated heterocycles. The van der Waals surface area contributed by atoms with E-state index >= 15 is 0 Å². The molecular formula is C10H15. The Hall–Kier alpha value is -0.520. The summed E-state index contributed by atoms with van der Waals surface area (Å²) in [4.78, 5) is 0. The topological polar surface area (TPSA) is 0 Å². The van der Waals surface area contributed by atoms with E-state index in [1.165, 1.54) is 12.0 Å². The first-order valence-corrected chi connectivity index (χ1v) is 4.05. The molecule has 0 bridgehead atoms. The number of rotatable bonds is 2. The van der Waals surface area contributed by atoms with Gasteiger partial charge in [0.1, 0.15) is 0 Å². The van der Waals surface area contributed by atoms with Crippen LogP contribution in [0.15, 0.2) is 17.7 Å². The summed E-state index contributed by atoms with van der Waals surface area (Å²) in [6.07, 6.45) is 8.78. The first-order chi connectivity index (χ1) is 4.75. The molecule has 0 aromatic heterocycles. The van der Waals surface area contributed by atoms with E-state index in [1.807, 2.05) is 6.08 Å². The highest BCUT2D eigenvalue weighted by Gasteiger charge is 2.14. The van der Waals surface area contributed by atoms with E-state index in [0.717, 1.165) is 0 Å². The van der Waals surface area contributed by atoms with E-state index in [0.29, 0.717) is 11.8 Å². The average Bonchev–Trinajstić information content (AvgIpc) is 2.34. The van der Waals surface area contributed by atoms with Crippen LogP contribution in [-0.2, 0) is 0 Å². The highest BCUT2D eigenvalue weighted by molar-refractivity contribution is 5.23. The van der Waals surface area contributed by atoms with Gasteiger partial charge in [-0.2, -0.15) is 0 Å². The fourth-order valence-electron chi connectivity index (χ4n) is 1.33. The van der Waals surface area contributed by atoms with Crippen molar-refractivity contribution in [1.82, 2.24) is 0 Å². The van der Waals surface area contributed by atoms with Crippen LogP contribution in [0.5, 0.6) is 0 Å². The van der Waals surface area contributed by atoms with Gasteiger partial charge >= 0.3 is 0 Å². The molecule has 0 nitrogen and oxygen atoms in total. The summed E-state index contributed by atoms with van der Waals surface area (Å²) in [5.74, 6) is 1.35. The molecule has 55 valence electrons. The Bertz CT molecular complexity index is 163. The second-order valence-electron chi connectivity index (χ2n) is 3.06. The molecule has 2 atom stereocenters. The van der Waals surface area contributed by atoms with Crippen LogP contribution >= 0.6 is 0 Å². The van der Waals surface area contributed by atoms with Gasteiger partial charge in [-0.25, -0.2) is 0 Å². The van der Waals surface area contributed by atoms with Gasteiger partial charge < -0.3 is 0 Å². The zero-order valence-corrected chi connectivity index (χ0v) is 7.02. The lowest BCUT2D eigenvalue weighted by Gasteiger charge is -2.14. The molecule has 1 rings (SSSR count). The van der Waals surface area contributed by atoms with Gasteiger partial charge in [0.2, 0.25) is 0 Å². The molecule has 2 unspecified atom stereocenters. The Labute approximate surface area is 63.6 Å². The van der Waals surface area contributed by atoms with Gasteiger partial charge in [-0.1, -0.05) is 38.5 Å². The standard InChI is InChI=1S/C10H15/c1-4-8(2)10-7-5-6-9(10)3/h5-6,8-9H,4H2,1-3H3. The van der Waals surface area contributed by atoms with Crippen molar-refractivity contribution in [3.05, 3.63) is 23.8 Å². The summed E-state index contributed by atoms with van der Waals surface area (Å²) in [5.41, 5.74) is 1.47. The van der Waals surface area contributed by atoms with E-state index in [4.69, 9.17) is 0 Å². The number of allylic oxidation sites excluding steroid dienone is 4. The van der Waals surface area contributed by atoms with E-state index < -0.39 is 0 Å². The third kappa shape index (κ3) is 1.31. The van der Waals surface area contributed by atoms with Gasteiger partial charge in [0.25, 0.3) is 0 Å². The lowest BCUT2D eigenvalue weighted by Crippen LogP contribution is -2.02. The van der Waals surface area contributed by atoms with E-state index in [9.17, 15) is 0 Å². The lowest BCUT2D eigenvalue weighted by atomic mass is 9.91. The molecule has 0 heteroatoms. The van der Waals surface area contributed by atoms with Crippen LogP contribution in [0.1, 0.15) is 27.2 Å². The fraction of sp³-hybridized carbons (Fsp3) is 0.600. The molecule has 0 heterocycles. The lowest BCUT2D eigenvalue weighted by molar-refractivity contribution is 0.597. The normalized spacial score (nSPS) is 26.7. The molecule has 0 saturated carbocycles. The Morgan fingerprint density at radius 2 is 2.40 bits per heavy atom. The second kappa shape index (κ2) is 3.05. The molecule has 0 aromatic rings. The Morgan fingerprint density at radius 3 is 2.80 bits per heavy atom. The van der Waals surface area contributed by atoms with Gasteiger partial charge in [0.05, 0.1) is 0 Å². The monoisotopic (exact) mass is 135 g/mol. The summed E-state index contributed by atoms with van der Waals surface area (Å²) < 4.78 is 0. The van der Waals surface area contributed by atoms with Crippen LogP contribution in [-0.4, -0.2) is 0 Å². The first-order valence-electron chi connectivity index (χ1n) is 4.05. The summed E-state index contributed by atoms with van der Waals surface area (Å²) in [6, 6.07) is 0. The van der Waals surface area contributed by atoms with Crippen molar-refractivity contribution >= 4 is 0 Å². The van der Waals surface area contributed by atoms with Gasteiger partial charge in [0, 0.05) is 0 Å². The summed E-state index contributed by atoms with van der Waals surface area (Å²) in [5, 5.41) is 0. The minimum Gasteiger partial charge on any atom is -0.0770 e. The van der Waals surface area contributed by atoms with E-state index in [1.54, 1.807) is 0 Å². The Kier molecular flexibility index (Phi) is 2.31. The average molecular weight is 135 g/mol. The smallest absolute Gasteiger partial charge is 0.00364 e. The van der Waals surface area contributed by atoms with Crippen LogP contribution in [0.3, 0.4) is 0 Å². The minimum absolute atomic E-state index is 0.634. The maximum absolute atomic E-state index is 3.29. The third-order valence-corrected chi connectivity index (χ3v) is 2.27.